The molecule has 1 aromatic carbocycles. The number of carbonyl (C=O) groups excluding carboxylic acids is 1. The van der Waals surface area contributed by atoms with Gasteiger partial charge in [-0.05, 0) is 38.0 Å². The van der Waals surface area contributed by atoms with Gasteiger partial charge in [0, 0.05) is 30.1 Å². The lowest BCUT2D eigenvalue weighted by Crippen LogP contribution is -2.42. The van der Waals surface area contributed by atoms with Crippen LogP contribution < -0.4 is 16.6 Å². The maximum atomic E-state index is 13.3. The highest BCUT2D eigenvalue weighted by atomic mass is 32.1. The monoisotopic (exact) mass is 443 g/mol. The number of benzene rings is 1. The quantitative estimate of drug-likeness (QED) is 0.607. The summed E-state index contributed by atoms with van der Waals surface area (Å²) in [5, 5.41) is 12.5. The molecule has 3 heterocycles. The predicted octanol–water partition coefficient (Wildman–Crippen LogP) is 2.10. The van der Waals surface area contributed by atoms with Crippen LogP contribution in [0.2, 0.25) is 0 Å². The molecule has 0 spiro atoms. The number of hydrogen-bond acceptors (Lipinski definition) is 6. The second kappa shape index (κ2) is 8.41. The maximum Gasteiger partial charge on any atom is 0.332 e. The van der Waals surface area contributed by atoms with Crippen molar-refractivity contribution in [2.24, 2.45) is 0 Å². The molecule has 1 amide bonds. The van der Waals surface area contributed by atoms with Crippen molar-refractivity contribution in [1.29, 1.82) is 0 Å². The number of aliphatic hydroxyl groups is 1. The number of amides is 1. The zero-order chi connectivity index (χ0) is 22.2. The van der Waals surface area contributed by atoms with Crippen molar-refractivity contribution in [2.75, 3.05) is 11.9 Å². The number of nitrogens with one attached hydrogen (secondary N) is 1. The number of aliphatic hydroxyl groups excluding tert-OH is 1. The summed E-state index contributed by atoms with van der Waals surface area (Å²) in [6.45, 7) is 4.03. The summed E-state index contributed by atoms with van der Waals surface area (Å²) in [7, 11) is 0. The fraction of sp³-hybridized carbons (Fsp3) is 0.409. The Morgan fingerprint density at radius 2 is 1.97 bits per heavy atom. The van der Waals surface area contributed by atoms with E-state index in [1.54, 1.807) is 12.1 Å². The topological polar surface area (TPSA) is 103 Å². The molecular formula is C22H25N3O5S. The standard InChI is InChI=1S/C22H25N3O5S/c1-22(2)11-15-16(13-30-22)31-20-18(15)19(28)24(9-6-10-26)21(29)25(20)12-17(27)23-14-7-4-3-5-8-14/h3-5,7-8,26H,6,9-13H2,1-2H3,(H,23,27). The van der Waals surface area contributed by atoms with Gasteiger partial charge in [0.1, 0.15) is 11.4 Å². The molecule has 3 aromatic rings. The lowest BCUT2D eigenvalue weighted by molar-refractivity contribution is -0.116. The number of fused-ring (bicyclic) bond motifs is 3. The van der Waals surface area contributed by atoms with Gasteiger partial charge in [0.15, 0.2) is 0 Å². The molecular weight excluding hydrogens is 418 g/mol. The fourth-order valence-electron chi connectivity index (χ4n) is 3.84. The van der Waals surface area contributed by atoms with Crippen LogP contribution >= 0.6 is 11.3 Å². The number of para-hydroxylation sites is 1. The highest BCUT2D eigenvalue weighted by molar-refractivity contribution is 7.18. The van der Waals surface area contributed by atoms with E-state index in [2.05, 4.69) is 5.32 Å². The fourth-order valence-corrected chi connectivity index (χ4v) is 5.05. The number of aromatic nitrogens is 2. The second-order valence-corrected chi connectivity index (χ2v) is 9.31. The first-order valence-corrected chi connectivity index (χ1v) is 11.0. The predicted molar refractivity (Wildman–Crippen MR) is 120 cm³/mol. The Balaban J connectivity index is 1.83. The molecule has 0 atom stereocenters. The summed E-state index contributed by atoms with van der Waals surface area (Å²) in [6, 6.07) is 9.00. The van der Waals surface area contributed by atoms with E-state index in [1.165, 1.54) is 15.9 Å². The Labute approximate surface area is 182 Å². The van der Waals surface area contributed by atoms with Crippen LogP contribution in [0.5, 0.6) is 0 Å². The average Bonchev–Trinajstić information content (AvgIpc) is 3.09. The zero-order valence-corrected chi connectivity index (χ0v) is 18.3. The first-order chi connectivity index (χ1) is 14.8. The molecule has 9 heteroatoms. The van der Waals surface area contributed by atoms with E-state index in [9.17, 15) is 19.5 Å². The largest absolute Gasteiger partial charge is 0.396 e. The highest BCUT2D eigenvalue weighted by Gasteiger charge is 2.32. The Bertz CT molecular complexity index is 1240. The molecule has 0 radical (unpaired) electrons. The van der Waals surface area contributed by atoms with Crippen molar-refractivity contribution in [3.05, 3.63) is 61.6 Å². The SMILES string of the molecule is CC1(C)Cc2c(sc3c2c(=O)n(CCCO)c(=O)n3CC(=O)Nc2ccccc2)CO1. The number of ether oxygens (including phenoxy) is 1. The number of rotatable bonds is 6. The smallest absolute Gasteiger partial charge is 0.332 e. The van der Waals surface area contributed by atoms with Gasteiger partial charge in [0.05, 0.1) is 17.6 Å². The molecule has 0 saturated heterocycles. The van der Waals surface area contributed by atoms with Crippen LogP contribution in [0, 0.1) is 0 Å². The van der Waals surface area contributed by atoms with E-state index < -0.39 is 11.3 Å². The van der Waals surface area contributed by atoms with Crippen LogP contribution in [-0.4, -0.2) is 32.4 Å². The molecule has 4 rings (SSSR count). The van der Waals surface area contributed by atoms with E-state index in [0.29, 0.717) is 28.9 Å². The molecule has 0 unspecified atom stereocenters. The van der Waals surface area contributed by atoms with Crippen molar-refractivity contribution in [2.45, 2.75) is 52.0 Å². The molecule has 2 aromatic heterocycles. The summed E-state index contributed by atoms with van der Waals surface area (Å²) in [6.07, 6.45) is 0.823. The Morgan fingerprint density at radius 1 is 1.23 bits per heavy atom. The van der Waals surface area contributed by atoms with Gasteiger partial charge in [-0.15, -0.1) is 11.3 Å². The lowest BCUT2D eigenvalue weighted by Gasteiger charge is -2.29. The third kappa shape index (κ3) is 4.21. The normalized spacial score (nSPS) is 15.1. The number of nitrogens with zero attached hydrogens (tertiary/aromatic N) is 2. The molecule has 0 fully saturated rings. The van der Waals surface area contributed by atoms with Gasteiger partial charge in [0.25, 0.3) is 5.56 Å². The number of carbonyl (C=O) groups is 1. The van der Waals surface area contributed by atoms with Gasteiger partial charge in [0.2, 0.25) is 5.91 Å². The van der Waals surface area contributed by atoms with Crippen molar-refractivity contribution in [1.82, 2.24) is 9.13 Å². The van der Waals surface area contributed by atoms with Gasteiger partial charge in [-0.25, -0.2) is 4.79 Å². The Hall–Kier alpha value is -2.75. The molecule has 0 bridgehead atoms. The highest BCUT2D eigenvalue weighted by Crippen LogP contribution is 2.37. The van der Waals surface area contributed by atoms with Gasteiger partial charge < -0.3 is 15.2 Å². The minimum atomic E-state index is -0.548. The molecule has 31 heavy (non-hydrogen) atoms. The maximum absolute atomic E-state index is 13.3. The minimum Gasteiger partial charge on any atom is -0.396 e. The van der Waals surface area contributed by atoms with Crippen LogP contribution in [-0.2, 0) is 35.6 Å². The van der Waals surface area contributed by atoms with Gasteiger partial charge in [-0.2, -0.15) is 0 Å². The molecule has 1 aliphatic heterocycles. The third-order valence-corrected chi connectivity index (χ3v) is 6.56. The summed E-state index contributed by atoms with van der Waals surface area (Å²) in [5.41, 5.74) is 0.174. The van der Waals surface area contributed by atoms with Gasteiger partial charge >= 0.3 is 5.69 Å². The number of anilines is 1. The van der Waals surface area contributed by atoms with Crippen molar-refractivity contribution >= 4 is 33.1 Å². The van der Waals surface area contributed by atoms with Crippen molar-refractivity contribution in [3.8, 4) is 0 Å². The minimum absolute atomic E-state index is 0.0922. The van der Waals surface area contributed by atoms with Gasteiger partial charge in [-0.3, -0.25) is 18.7 Å². The van der Waals surface area contributed by atoms with Crippen LogP contribution in [0.15, 0.2) is 39.9 Å². The summed E-state index contributed by atoms with van der Waals surface area (Å²) < 4.78 is 8.38. The van der Waals surface area contributed by atoms with E-state index in [4.69, 9.17) is 4.74 Å². The summed E-state index contributed by atoms with van der Waals surface area (Å²) in [5.74, 6) is -0.357. The molecule has 2 N–H and O–H groups in total. The average molecular weight is 444 g/mol. The Kier molecular flexibility index (Phi) is 5.83. The molecule has 1 aliphatic rings. The summed E-state index contributed by atoms with van der Waals surface area (Å²) in [4.78, 5) is 40.6. The number of thiophene rings is 1. The Morgan fingerprint density at radius 3 is 2.68 bits per heavy atom. The lowest BCUT2D eigenvalue weighted by atomic mass is 9.94. The van der Waals surface area contributed by atoms with E-state index in [0.717, 1.165) is 15.0 Å². The summed E-state index contributed by atoms with van der Waals surface area (Å²) >= 11 is 1.33. The van der Waals surface area contributed by atoms with Crippen LogP contribution in [0.3, 0.4) is 0 Å². The van der Waals surface area contributed by atoms with E-state index in [-0.39, 0.29) is 37.6 Å². The van der Waals surface area contributed by atoms with E-state index in [1.807, 2.05) is 32.0 Å². The van der Waals surface area contributed by atoms with Crippen LogP contribution in [0.1, 0.15) is 30.7 Å². The second-order valence-electron chi connectivity index (χ2n) is 8.23. The zero-order valence-electron chi connectivity index (χ0n) is 17.5. The molecule has 0 saturated carbocycles. The number of hydrogen-bond donors (Lipinski definition) is 2. The third-order valence-electron chi connectivity index (χ3n) is 5.33. The van der Waals surface area contributed by atoms with Gasteiger partial charge in [-0.1, -0.05) is 18.2 Å². The molecule has 164 valence electrons. The molecule has 8 nitrogen and oxygen atoms in total. The first kappa shape index (κ1) is 21.5. The van der Waals surface area contributed by atoms with Crippen molar-refractivity contribution < 1.29 is 14.6 Å². The molecule has 0 aliphatic carbocycles. The first-order valence-electron chi connectivity index (χ1n) is 10.2. The van der Waals surface area contributed by atoms with Crippen LogP contribution in [0.25, 0.3) is 10.2 Å². The van der Waals surface area contributed by atoms with Crippen LogP contribution in [0.4, 0.5) is 5.69 Å². The van der Waals surface area contributed by atoms with E-state index >= 15 is 0 Å². The van der Waals surface area contributed by atoms with Crippen molar-refractivity contribution in [3.63, 3.8) is 0 Å².